The fraction of sp³-hybridized carbons (Fsp3) is 0.312. The monoisotopic (exact) mass is 291 g/mol. The van der Waals surface area contributed by atoms with E-state index in [-0.39, 0.29) is 17.8 Å². The quantitative estimate of drug-likeness (QED) is 0.865. The van der Waals surface area contributed by atoms with Crippen molar-refractivity contribution in [1.82, 2.24) is 5.32 Å². The van der Waals surface area contributed by atoms with Gasteiger partial charge in [-0.2, -0.15) is 0 Å². The minimum Gasteiger partial charge on any atom is -0.349 e. The van der Waals surface area contributed by atoms with Crippen LogP contribution in [-0.4, -0.2) is 11.9 Å². The zero-order chi connectivity index (χ0) is 14.5. The third kappa shape index (κ3) is 3.45. The molecule has 2 nitrogen and oxygen atoms in total. The van der Waals surface area contributed by atoms with E-state index in [0.717, 1.165) is 23.3 Å². The number of carbonyl (C=O) groups excluding carboxylic acids is 1. The first kappa shape index (κ1) is 14.7. The fourth-order valence-electron chi connectivity index (χ4n) is 1.98. The van der Waals surface area contributed by atoms with Crippen molar-refractivity contribution < 1.29 is 9.18 Å². The first-order chi connectivity index (χ1) is 9.63. The fourth-order valence-corrected chi connectivity index (χ4v) is 2.89. The van der Waals surface area contributed by atoms with E-state index in [1.807, 2.05) is 12.1 Å². The van der Waals surface area contributed by atoms with Gasteiger partial charge in [-0.15, -0.1) is 11.3 Å². The first-order valence-electron chi connectivity index (χ1n) is 6.80. The summed E-state index contributed by atoms with van der Waals surface area (Å²) in [6, 6.07) is 10.3. The molecule has 0 radical (unpaired) electrons. The Morgan fingerprint density at radius 2 is 1.80 bits per heavy atom. The van der Waals surface area contributed by atoms with E-state index < -0.39 is 0 Å². The summed E-state index contributed by atoms with van der Waals surface area (Å²) in [4.78, 5) is 13.8. The molecule has 1 aromatic carbocycles. The molecule has 1 amide bonds. The third-order valence-electron chi connectivity index (χ3n) is 3.28. The van der Waals surface area contributed by atoms with Crippen LogP contribution in [0.25, 0.3) is 10.4 Å². The Balaban J connectivity index is 2.12. The molecule has 0 aliphatic rings. The Bertz CT molecular complexity index is 572. The van der Waals surface area contributed by atoms with Gasteiger partial charge < -0.3 is 5.32 Å². The summed E-state index contributed by atoms with van der Waals surface area (Å²) >= 11 is 1.43. The van der Waals surface area contributed by atoms with E-state index in [0.29, 0.717) is 4.88 Å². The number of hydrogen-bond donors (Lipinski definition) is 1. The summed E-state index contributed by atoms with van der Waals surface area (Å²) in [5, 5.41) is 3.02. The highest BCUT2D eigenvalue weighted by Gasteiger charge is 2.13. The summed E-state index contributed by atoms with van der Waals surface area (Å²) in [6.45, 7) is 4.12. The van der Waals surface area contributed by atoms with Crippen molar-refractivity contribution in [2.45, 2.75) is 32.7 Å². The van der Waals surface area contributed by atoms with Crippen molar-refractivity contribution in [2.75, 3.05) is 0 Å². The SMILES string of the molecule is CCC(CC)NC(=O)c1ccc(-c2ccc(F)cc2)s1. The van der Waals surface area contributed by atoms with Gasteiger partial charge in [0, 0.05) is 10.9 Å². The molecular weight excluding hydrogens is 273 g/mol. The predicted octanol–water partition coefficient (Wildman–Crippen LogP) is 4.47. The van der Waals surface area contributed by atoms with Gasteiger partial charge in [-0.25, -0.2) is 4.39 Å². The molecular formula is C16H18FNOS. The molecule has 0 aliphatic carbocycles. The minimum absolute atomic E-state index is 0.0305. The Hall–Kier alpha value is -1.68. The lowest BCUT2D eigenvalue weighted by Crippen LogP contribution is -2.33. The van der Waals surface area contributed by atoms with Crippen LogP contribution < -0.4 is 5.32 Å². The van der Waals surface area contributed by atoms with E-state index in [1.165, 1.54) is 23.5 Å². The molecule has 2 rings (SSSR count). The Labute approximate surface area is 122 Å². The molecule has 106 valence electrons. The summed E-state index contributed by atoms with van der Waals surface area (Å²) < 4.78 is 12.9. The number of rotatable bonds is 5. The number of carbonyl (C=O) groups is 1. The maximum absolute atomic E-state index is 12.9. The minimum atomic E-state index is -0.253. The Morgan fingerprint density at radius 1 is 1.15 bits per heavy atom. The van der Waals surface area contributed by atoms with E-state index in [4.69, 9.17) is 0 Å². The molecule has 0 spiro atoms. The van der Waals surface area contributed by atoms with Crippen molar-refractivity contribution in [2.24, 2.45) is 0 Å². The van der Waals surface area contributed by atoms with Crippen LogP contribution in [0.4, 0.5) is 4.39 Å². The molecule has 4 heteroatoms. The maximum Gasteiger partial charge on any atom is 0.261 e. The highest BCUT2D eigenvalue weighted by atomic mass is 32.1. The number of hydrogen-bond acceptors (Lipinski definition) is 2. The summed E-state index contributed by atoms with van der Waals surface area (Å²) in [5.74, 6) is -0.283. The van der Waals surface area contributed by atoms with Crippen LogP contribution in [0.15, 0.2) is 36.4 Å². The van der Waals surface area contributed by atoms with Crippen LogP contribution in [-0.2, 0) is 0 Å². The van der Waals surface area contributed by atoms with E-state index in [2.05, 4.69) is 19.2 Å². The molecule has 0 atom stereocenters. The van der Waals surface area contributed by atoms with Crippen LogP contribution >= 0.6 is 11.3 Å². The lowest BCUT2D eigenvalue weighted by Gasteiger charge is -2.13. The molecule has 0 bridgehead atoms. The van der Waals surface area contributed by atoms with Gasteiger partial charge in [0.2, 0.25) is 0 Å². The maximum atomic E-state index is 12.9. The van der Waals surface area contributed by atoms with E-state index >= 15 is 0 Å². The van der Waals surface area contributed by atoms with E-state index in [9.17, 15) is 9.18 Å². The van der Waals surface area contributed by atoms with Crippen molar-refractivity contribution in [3.05, 3.63) is 47.1 Å². The number of benzene rings is 1. The molecule has 2 aromatic rings. The molecule has 0 unspecified atom stereocenters. The zero-order valence-corrected chi connectivity index (χ0v) is 12.5. The van der Waals surface area contributed by atoms with Crippen LogP contribution in [0.3, 0.4) is 0 Å². The van der Waals surface area contributed by atoms with Crippen LogP contribution in [0.5, 0.6) is 0 Å². The molecule has 20 heavy (non-hydrogen) atoms. The predicted molar refractivity (Wildman–Crippen MR) is 81.5 cm³/mol. The van der Waals surface area contributed by atoms with Gasteiger partial charge in [0.25, 0.3) is 5.91 Å². The molecule has 1 N–H and O–H groups in total. The molecule has 0 saturated heterocycles. The van der Waals surface area contributed by atoms with Crippen LogP contribution in [0, 0.1) is 5.82 Å². The van der Waals surface area contributed by atoms with Crippen molar-refractivity contribution in [1.29, 1.82) is 0 Å². The van der Waals surface area contributed by atoms with Gasteiger partial charge >= 0.3 is 0 Å². The largest absolute Gasteiger partial charge is 0.349 e. The normalized spacial score (nSPS) is 10.8. The molecule has 0 saturated carbocycles. The molecule has 1 heterocycles. The molecule has 0 fully saturated rings. The van der Waals surface area contributed by atoms with Gasteiger partial charge in [0.1, 0.15) is 5.82 Å². The smallest absolute Gasteiger partial charge is 0.261 e. The number of thiophene rings is 1. The molecule has 1 aromatic heterocycles. The summed E-state index contributed by atoms with van der Waals surface area (Å²) in [6.07, 6.45) is 1.86. The first-order valence-corrected chi connectivity index (χ1v) is 7.62. The van der Waals surface area contributed by atoms with Gasteiger partial charge in [-0.05, 0) is 42.7 Å². The van der Waals surface area contributed by atoms with Gasteiger partial charge in [0.15, 0.2) is 0 Å². The second-order valence-corrected chi connectivity index (χ2v) is 5.74. The van der Waals surface area contributed by atoms with Crippen LogP contribution in [0.2, 0.25) is 0 Å². The van der Waals surface area contributed by atoms with Crippen molar-refractivity contribution in [3.8, 4) is 10.4 Å². The van der Waals surface area contributed by atoms with Gasteiger partial charge in [-0.1, -0.05) is 26.0 Å². The zero-order valence-electron chi connectivity index (χ0n) is 11.7. The lowest BCUT2D eigenvalue weighted by atomic mass is 10.1. The second kappa shape index (κ2) is 6.66. The highest BCUT2D eigenvalue weighted by Crippen LogP contribution is 2.28. The standard InChI is InChI=1S/C16H18FNOS/c1-3-13(4-2)18-16(19)15-10-9-14(20-15)11-5-7-12(17)8-6-11/h5-10,13H,3-4H2,1-2H3,(H,18,19). The summed E-state index contributed by atoms with van der Waals surface area (Å²) in [7, 11) is 0. The van der Waals surface area contributed by atoms with E-state index in [1.54, 1.807) is 12.1 Å². The summed E-state index contributed by atoms with van der Waals surface area (Å²) in [5.41, 5.74) is 0.929. The number of nitrogens with one attached hydrogen (secondary N) is 1. The van der Waals surface area contributed by atoms with Gasteiger partial charge in [-0.3, -0.25) is 4.79 Å². The average molecular weight is 291 g/mol. The highest BCUT2D eigenvalue weighted by molar-refractivity contribution is 7.17. The lowest BCUT2D eigenvalue weighted by molar-refractivity contribution is 0.0939. The third-order valence-corrected chi connectivity index (χ3v) is 4.41. The average Bonchev–Trinajstić information content (AvgIpc) is 2.95. The van der Waals surface area contributed by atoms with Crippen LogP contribution in [0.1, 0.15) is 36.4 Å². The van der Waals surface area contributed by atoms with Gasteiger partial charge in [0.05, 0.1) is 4.88 Å². The van der Waals surface area contributed by atoms with Crippen molar-refractivity contribution >= 4 is 17.2 Å². The Kier molecular flexibility index (Phi) is 4.90. The second-order valence-electron chi connectivity index (χ2n) is 4.66. The number of halogens is 1. The Morgan fingerprint density at radius 3 is 2.40 bits per heavy atom. The number of amides is 1. The molecule has 0 aliphatic heterocycles. The van der Waals surface area contributed by atoms with Crippen molar-refractivity contribution in [3.63, 3.8) is 0 Å². The topological polar surface area (TPSA) is 29.1 Å².